The predicted octanol–water partition coefficient (Wildman–Crippen LogP) is 7.58. The quantitative estimate of drug-likeness (QED) is 0.158. The van der Waals surface area contributed by atoms with E-state index in [9.17, 15) is 18.8 Å². The molecule has 5 rings (SSSR count). The molecule has 1 unspecified atom stereocenters. The second-order valence-corrected chi connectivity index (χ2v) is 13.1. The fourth-order valence-corrected chi connectivity index (χ4v) is 5.88. The van der Waals surface area contributed by atoms with E-state index in [4.69, 9.17) is 5.10 Å². The number of carbonyl (C=O) groups excluding carboxylic acids is 3. The monoisotopic (exact) mass is 623 g/mol. The van der Waals surface area contributed by atoms with Crippen molar-refractivity contribution in [3.05, 3.63) is 107 Å². The zero-order valence-electron chi connectivity index (χ0n) is 26.9. The Morgan fingerprint density at radius 2 is 1.63 bits per heavy atom. The molecule has 0 radical (unpaired) electrons. The fourth-order valence-electron chi connectivity index (χ4n) is 5.88. The zero-order chi connectivity index (χ0) is 32.8. The van der Waals surface area contributed by atoms with Crippen LogP contribution in [-0.2, 0) is 10.2 Å². The number of rotatable bonds is 10. The molecule has 1 aliphatic heterocycles. The highest BCUT2D eigenvalue weighted by Gasteiger charge is 2.31. The minimum absolute atomic E-state index is 0.0133. The highest BCUT2D eigenvalue weighted by atomic mass is 19.1. The molecule has 1 atom stereocenters. The van der Waals surface area contributed by atoms with Gasteiger partial charge in [-0.15, -0.1) is 0 Å². The zero-order valence-corrected chi connectivity index (χ0v) is 26.9. The number of piperidine rings is 1. The Labute approximate surface area is 269 Å². The molecule has 0 bridgehead atoms. The van der Waals surface area contributed by atoms with Crippen molar-refractivity contribution < 1.29 is 18.8 Å². The van der Waals surface area contributed by atoms with Gasteiger partial charge in [0.2, 0.25) is 0 Å². The number of anilines is 2. The lowest BCUT2D eigenvalue weighted by Crippen LogP contribution is -2.33. The predicted molar refractivity (Wildman–Crippen MR) is 179 cm³/mol. The summed E-state index contributed by atoms with van der Waals surface area (Å²) in [5, 5.41) is 14.1. The molecule has 2 heterocycles. The third-order valence-electron chi connectivity index (χ3n) is 8.47. The van der Waals surface area contributed by atoms with E-state index >= 15 is 0 Å². The molecular weight excluding hydrogens is 581 g/mol. The van der Waals surface area contributed by atoms with Crippen LogP contribution in [0.1, 0.15) is 79.6 Å². The molecule has 240 valence electrons. The van der Waals surface area contributed by atoms with Crippen LogP contribution in [0.3, 0.4) is 0 Å². The largest absolute Gasteiger partial charge is 0.324 e. The van der Waals surface area contributed by atoms with E-state index in [0.717, 1.165) is 48.4 Å². The lowest BCUT2D eigenvalue weighted by atomic mass is 9.76. The number of urea groups is 1. The summed E-state index contributed by atoms with van der Waals surface area (Å²) >= 11 is 0. The molecule has 2 amide bonds. The van der Waals surface area contributed by atoms with Gasteiger partial charge in [-0.3, -0.25) is 14.9 Å². The van der Waals surface area contributed by atoms with Crippen molar-refractivity contribution in [3.8, 4) is 5.69 Å². The summed E-state index contributed by atoms with van der Waals surface area (Å²) in [5.74, 6) is -0.378. The fraction of sp³-hybridized carbons (Fsp3) is 0.351. The Bertz CT molecular complexity index is 1680. The second kappa shape index (κ2) is 14.2. The number of aromatic nitrogens is 2. The van der Waals surface area contributed by atoms with E-state index in [1.54, 1.807) is 10.7 Å². The van der Waals surface area contributed by atoms with Gasteiger partial charge in [0.05, 0.1) is 11.4 Å². The first-order valence-electron chi connectivity index (χ1n) is 15.9. The maximum Gasteiger partial charge on any atom is 0.324 e. The van der Waals surface area contributed by atoms with Crippen LogP contribution in [0.5, 0.6) is 0 Å². The highest BCUT2D eigenvalue weighted by molar-refractivity contribution is 6.00. The number of carbonyl (C=O) groups is 3. The van der Waals surface area contributed by atoms with E-state index in [-0.39, 0.29) is 35.7 Å². The number of benzene rings is 3. The van der Waals surface area contributed by atoms with Crippen molar-refractivity contribution >= 4 is 29.1 Å². The number of amides is 2. The normalized spacial score (nSPS) is 14.5. The molecule has 46 heavy (non-hydrogen) atoms. The van der Waals surface area contributed by atoms with Gasteiger partial charge in [-0.2, -0.15) is 5.10 Å². The standard InChI is InChI=1S/C37H42FN5O3/c1-24-8-14-30(15-9-24)43-34(23-33(42-43)37(2,3)4)41-36(46)40-29-7-5-6-27(22-29)35(26-18-20-39-21-19-26)32(45)17-16-31(44)25-10-12-28(38)13-11-25/h5-15,22-23,26,35,39H,16-21H2,1-4H3,(H2,40,41,46). The van der Waals surface area contributed by atoms with E-state index in [0.29, 0.717) is 17.1 Å². The molecule has 1 saturated heterocycles. The van der Waals surface area contributed by atoms with Crippen LogP contribution in [0.25, 0.3) is 5.69 Å². The summed E-state index contributed by atoms with van der Waals surface area (Å²) in [7, 11) is 0. The van der Waals surface area contributed by atoms with Gasteiger partial charge < -0.3 is 10.6 Å². The van der Waals surface area contributed by atoms with Crippen LogP contribution in [0.2, 0.25) is 0 Å². The van der Waals surface area contributed by atoms with Crippen LogP contribution >= 0.6 is 0 Å². The van der Waals surface area contributed by atoms with Gasteiger partial charge in [0.1, 0.15) is 17.4 Å². The number of aryl methyl sites for hydroxylation is 1. The van der Waals surface area contributed by atoms with Crippen LogP contribution < -0.4 is 16.0 Å². The first-order valence-corrected chi connectivity index (χ1v) is 15.9. The molecule has 4 aromatic rings. The van der Waals surface area contributed by atoms with E-state index in [2.05, 4.69) is 36.7 Å². The lowest BCUT2D eigenvalue weighted by Gasteiger charge is -2.30. The molecule has 0 saturated carbocycles. The number of ketones is 2. The van der Waals surface area contributed by atoms with Gasteiger partial charge in [0.25, 0.3) is 0 Å². The Balaban J connectivity index is 1.33. The number of hydrogen-bond acceptors (Lipinski definition) is 5. The SMILES string of the molecule is Cc1ccc(-n2nc(C(C)(C)C)cc2NC(=O)Nc2cccc(C(C(=O)CCC(=O)c3ccc(F)cc3)C3CCNCC3)c2)cc1. The summed E-state index contributed by atoms with van der Waals surface area (Å²) in [4.78, 5) is 39.8. The van der Waals surface area contributed by atoms with Gasteiger partial charge in [-0.05, 0) is 92.9 Å². The Hall–Kier alpha value is -4.63. The molecule has 0 aliphatic carbocycles. The van der Waals surface area contributed by atoms with E-state index in [1.807, 2.05) is 55.5 Å². The highest BCUT2D eigenvalue weighted by Crippen LogP contribution is 2.35. The Kier molecular flexibility index (Phi) is 10.1. The van der Waals surface area contributed by atoms with Crippen molar-refractivity contribution in [1.29, 1.82) is 0 Å². The van der Waals surface area contributed by atoms with Gasteiger partial charge in [-0.25, -0.2) is 13.9 Å². The van der Waals surface area contributed by atoms with E-state index < -0.39 is 17.8 Å². The third kappa shape index (κ3) is 8.14. The van der Waals surface area contributed by atoms with Crippen LogP contribution in [0, 0.1) is 18.7 Å². The minimum Gasteiger partial charge on any atom is -0.317 e. The smallest absolute Gasteiger partial charge is 0.317 e. The molecule has 1 aliphatic rings. The molecule has 1 aromatic heterocycles. The third-order valence-corrected chi connectivity index (χ3v) is 8.47. The second-order valence-electron chi connectivity index (χ2n) is 13.1. The maximum absolute atomic E-state index is 13.7. The topological polar surface area (TPSA) is 105 Å². The molecule has 1 fully saturated rings. The average molecular weight is 624 g/mol. The van der Waals surface area contributed by atoms with Crippen LogP contribution in [0.15, 0.2) is 78.9 Å². The number of Topliss-reactive ketones (excluding diaryl/α,β-unsaturated/α-hetero) is 2. The van der Waals surface area contributed by atoms with Gasteiger partial charge in [0.15, 0.2) is 5.78 Å². The van der Waals surface area contributed by atoms with Crippen molar-refractivity contribution in [2.75, 3.05) is 23.7 Å². The average Bonchev–Trinajstić information content (AvgIpc) is 3.46. The summed E-state index contributed by atoms with van der Waals surface area (Å²) in [6, 6.07) is 22.2. The Morgan fingerprint density at radius 1 is 0.935 bits per heavy atom. The molecule has 8 nitrogen and oxygen atoms in total. The van der Waals surface area contributed by atoms with Crippen LogP contribution in [-0.4, -0.2) is 40.5 Å². The van der Waals surface area contributed by atoms with Crippen molar-refractivity contribution in [3.63, 3.8) is 0 Å². The number of nitrogens with zero attached hydrogens (tertiary/aromatic N) is 2. The maximum atomic E-state index is 13.7. The first-order chi connectivity index (χ1) is 22.0. The van der Waals surface area contributed by atoms with E-state index in [1.165, 1.54) is 24.3 Å². The number of halogens is 1. The van der Waals surface area contributed by atoms with Crippen molar-refractivity contribution in [2.24, 2.45) is 5.92 Å². The summed E-state index contributed by atoms with van der Waals surface area (Å²) in [6.07, 6.45) is 1.80. The molecule has 0 spiro atoms. The van der Waals surface area contributed by atoms with Gasteiger partial charge in [0, 0.05) is 41.5 Å². The van der Waals surface area contributed by atoms with Crippen LogP contribution in [0.4, 0.5) is 20.7 Å². The minimum atomic E-state index is -0.430. The summed E-state index contributed by atoms with van der Waals surface area (Å²) in [5.41, 5.74) is 4.33. The van der Waals surface area contributed by atoms with Crippen molar-refractivity contribution in [2.45, 2.75) is 64.7 Å². The summed E-state index contributed by atoms with van der Waals surface area (Å²) < 4.78 is 15.1. The number of nitrogens with one attached hydrogen (secondary N) is 3. The lowest BCUT2D eigenvalue weighted by molar-refractivity contribution is -0.121. The molecule has 3 N–H and O–H groups in total. The number of hydrogen-bond donors (Lipinski definition) is 3. The summed E-state index contributed by atoms with van der Waals surface area (Å²) in [6.45, 7) is 9.86. The van der Waals surface area contributed by atoms with Crippen molar-refractivity contribution in [1.82, 2.24) is 15.1 Å². The Morgan fingerprint density at radius 3 is 2.30 bits per heavy atom. The van der Waals surface area contributed by atoms with Gasteiger partial charge in [-0.1, -0.05) is 50.6 Å². The first kappa shape index (κ1) is 32.8. The molecular formula is C37H42FN5O3. The van der Waals surface area contributed by atoms with Gasteiger partial charge >= 0.3 is 6.03 Å². The molecule has 9 heteroatoms. The molecule has 3 aromatic carbocycles.